The summed E-state index contributed by atoms with van der Waals surface area (Å²) < 4.78 is 5.35. The van der Waals surface area contributed by atoms with Crippen LogP contribution in [0.25, 0.3) is 0 Å². The van der Waals surface area contributed by atoms with Crippen molar-refractivity contribution in [1.82, 2.24) is 15.5 Å². The van der Waals surface area contributed by atoms with E-state index in [9.17, 15) is 14.4 Å². The number of rotatable bonds is 11. The lowest BCUT2D eigenvalue weighted by Crippen LogP contribution is -2.54. The van der Waals surface area contributed by atoms with E-state index in [1.807, 2.05) is 52.8 Å². The second-order valence-corrected chi connectivity index (χ2v) is 11.8. The number of nitrogens with zero attached hydrogens (tertiary/aromatic N) is 1. The molecule has 0 aliphatic carbocycles. The first-order valence-corrected chi connectivity index (χ1v) is 13.2. The summed E-state index contributed by atoms with van der Waals surface area (Å²) in [5.41, 5.74) is 1.67. The van der Waals surface area contributed by atoms with E-state index in [0.29, 0.717) is 6.54 Å². The zero-order valence-corrected chi connectivity index (χ0v) is 24.2. The number of carbonyl (C=O) groups excluding carboxylic acids is 3. The summed E-state index contributed by atoms with van der Waals surface area (Å²) in [5.74, 6) is -0.550. The van der Waals surface area contributed by atoms with Crippen molar-refractivity contribution in [1.29, 1.82) is 0 Å². The first kappa shape index (κ1) is 31.5. The molecule has 0 spiro atoms. The van der Waals surface area contributed by atoms with Crippen LogP contribution < -0.4 is 10.6 Å². The average Bonchev–Trinajstić information content (AvgIpc) is 2.70. The summed E-state index contributed by atoms with van der Waals surface area (Å²) >= 11 is 0. The minimum atomic E-state index is -0.855. The predicted octanol–water partition coefficient (Wildman–Crippen LogP) is 5.97. The molecule has 0 saturated carbocycles. The molecule has 0 fully saturated rings. The number of carbonyl (C=O) groups is 3. The molecular formula is C29H49N3O4. The number of nitrogens with one attached hydrogen (secondary N) is 2. The second kappa shape index (κ2) is 13.7. The van der Waals surface area contributed by atoms with Crippen molar-refractivity contribution in [2.24, 2.45) is 0 Å². The summed E-state index contributed by atoms with van der Waals surface area (Å²) in [6.07, 6.45) is 4.41. The monoisotopic (exact) mass is 503 g/mol. The maximum Gasteiger partial charge on any atom is 0.408 e. The fourth-order valence-corrected chi connectivity index (χ4v) is 4.07. The molecule has 7 nitrogen and oxygen atoms in total. The highest BCUT2D eigenvalue weighted by Gasteiger charge is 2.36. The SMILES string of the molecule is CCCCCCCN(C(=O)C(C)NC(=O)OC(C)(C)C)C(C(=O)NC(C)(C)C)c1ccc(C)cc1C. The van der Waals surface area contributed by atoms with E-state index in [-0.39, 0.29) is 11.8 Å². The Hall–Kier alpha value is -2.57. The van der Waals surface area contributed by atoms with E-state index in [2.05, 4.69) is 17.6 Å². The van der Waals surface area contributed by atoms with E-state index in [1.165, 1.54) is 0 Å². The van der Waals surface area contributed by atoms with Crippen LogP contribution in [-0.4, -0.2) is 46.5 Å². The Balaban J connectivity index is 3.39. The van der Waals surface area contributed by atoms with Gasteiger partial charge in [-0.2, -0.15) is 0 Å². The van der Waals surface area contributed by atoms with Gasteiger partial charge in [0.1, 0.15) is 17.7 Å². The Morgan fingerprint density at radius 3 is 2.11 bits per heavy atom. The van der Waals surface area contributed by atoms with Gasteiger partial charge in [-0.1, -0.05) is 56.4 Å². The van der Waals surface area contributed by atoms with Gasteiger partial charge in [-0.05, 0) is 79.9 Å². The minimum absolute atomic E-state index is 0.235. The number of benzene rings is 1. The minimum Gasteiger partial charge on any atom is -0.444 e. The number of amides is 3. The summed E-state index contributed by atoms with van der Waals surface area (Å²) in [6.45, 7) is 19.3. The molecule has 1 rings (SSSR count). The summed E-state index contributed by atoms with van der Waals surface area (Å²) in [6, 6.07) is 4.25. The fourth-order valence-electron chi connectivity index (χ4n) is 4.07. The molecule has 204 valence electrons. The third-order valence-electron chi connectivity index (χ3n) is 5.67. The number of ether oxygens (including phenoxy) is 1. The van der Waals surface area contributed by atoms with Gasteiger partial charge in [0.15, 0.2) is 0 Å². The molecule has 1 aromatic carbocycles. The lowest BCUT2D eigenvalue weighted by Gasteiger charge is -2.36. The van der Waals surface area contributed by atoms with Crippen LogP contribution in [0.5, 0.6) is 0 Å². The van der Waals surface area contributed by atoms with Crippen molar-refractivity contribution in [2.75, 3.05) is 6.54 Å². The molecule has 0 saturated heterocycles. The molecule has 0 aliphatic rings. The van der Waals surface area contributed by atoms with Crippen molar-refractivity contribution in [3.8, 4) is 0 Å². The number of hydrogen-bond donors (Lipinski definition) is 2. The third-order valence-corrected chi connectivity index (χ3v) is 5.67. The second-order valence-electron chi connectivity index (χ2n) is 11.8. The van der Waals surface area contributed by atoms with E-state index >= 15 is 0 Å². The molecule has 1 aromatic rings. The maximum atomic E-state index is 13.8. The van der Waals surface area contributed by atoms with Gasteiger partial charge in [0, 0.05) is 12.1 Å². The molecule has 0 radical (unpaired) electrons. The van der Waals surface area contributed by atoms with Crippen LogP contribution in [0.3, 0.4) is 0 Å². The Morgan fingerprint density at radius 1 is 0.972 bits per heavy atom. The largest absolute Gasteiger partial charge is 0.444 e. The predicted molar refractivity (Wildman–Crippen MR) is 146 cm³/mol. The van der Waals surface area contributed by atoms with Crippen LogP contribution in [0, 0.1) is 13.8 Å². The van der Waals surface area contributed by atoms with Crippen LogP contribution in [0.4, 0.5) is 4.79 Å². The number of alkyl carbamates (subject to hydrolysis) is 1. The van der Waals surface area contributed by atoms with Gasteiger partial charge in [-0.25, -0.2) is 4.79 Å². The van der Waals surface area contributed by atoms with E-state index < -0.39 is 29.3 Å². The van der Waals surface area contributed by atoms with Gasteiger partial charge in [0.05, 0.1) is 0 Å². The Labute approximate surface area is 218 Å². The Bertz CT molecular complexity index is 883. The van der Waals surface area contributed by atoms with Gasteiger partial charge >= 0.3 is 6.09 Å². The highest BCUT2D eigenvalue weighted by atomic mass is 16.6. The van der Waals surface area contributed by atoms with Gasteiger partial charge in [-0.3, -0.25) is 9.59 Å². The molecule has 0 aliphatic heterocycles. The number of hydrogen-bond acceptors (Lipinski definition) is 4. The van der Waals surface area contributed by atoms with Gasteiger partial charge in [-0.15, -0.1) is 0 Å². The van der Waals surface area contributed by atoms with Crippen molar-refractivity contribution in [2.45, 2.75) is 125 Å². The summed E-state index contributed by atoms with van der Waals surface area (Å²) in [7, 11) is 0. The molecule has 3 amide bonds. The molecule has 2 N–H and O–H groups in total. The van der Waals surface area contributed by atoms with Crippen LogP contribution in [0.15, 0.2) is 18.2 Å². The number of unbranched alkanes of at least 4 members (excludes halogenated alkanes) is 4. The van der Waals surface area contributed by atoms with E-state index in [1.54, 1.807) is 32.6 Å². The molecule has 2 atom stereocenters. The van der Waals surface area contributed by atoms with Gasteiger partial charge < -0.3 is 20.3 Å². The molecule has 36 heavy (non-hydrogen) atoms. The quantitative estimate of drug-likeness (QED) is 0.364. The molecular weight excluding hydrogens is 454 g/mol. The van der Waals surface area contributed by atoms with Crippen molar-refractivity contribution >= 4 is 17.9 Å². The van der Waals surface area contributed by atoms with Crippen molar-refractivity contribution in [3.05, 3.63) is 34.9 Å². The highest BCUT2D eigenvalue weighted by molar-refractivity contribution is 5.92. The van der Waals surface area contributed by atoms with Crippen LogP contribution >= 0.6 is 0 Å². The van der Waals surface area contributed by atoms with Gasteiger partial charge in [0.2, 0.25) is 11.8 Å². The first-order valence-electron chi connectivity index (χ1n) is 13.2. The van der Waals surface area contributed by atoms with Gasteiger partial charge in [0.25, 0.3) is 0 Å². The lowest BCUT2D eigenvalue weighted by atomic mass is 9.95. The molecule has 2 unspecified atom stereocenters. The van der Waals surface area contributed by atoms with Crippen molar-refractivity contribution in [3.63, 3.8) is 0 Å². The van der Waals surface area contributed by atoms with Crippen LogP contribution in [0.2, 0.25) is 0 Å². The zero-order chi connectivity index (χ0) is 27.7. The van der Waals surface area contributed by atoms with Crippen molar-refractivity contribution < 1.29 is 19.1 Å². The topological polar surface area (TPSA) is 87.7 Å². The molecule has 0 heterocycles. The van der Waals surface area contributed by atoms with E-state index in [0.717, 1.165) is 48.8 Å². The maximum absolute atomic E-state index is 13.8. The third kappa shape index (κ3) is 11.0. The fraction of sp³-hybridized carbons (Fsp3) is 0.690. The Kier molecular flexibility index (Phi) is 11.9. The summed E-state index contributed by atoms with van der Waals surface area (Å²) in [4.78, 5) is 41.5. The van der Waals surface area contributed by atoms with E-state index in [4.69, 9.17) is 4.74 Å². The molecule has 0 aromatic heterocycles. The number of aryl methyl sites for hydroxylation is 2. The average molecular weight is 504 g/mol. The molecule has 0 bridgehead atoms. The zero-order valence-electron chi connectivity index (χ0n) is 24.2. The normalized spacial score (nSPS) is 13.5. The highest BCUT2D eigenvalue weighted by Crippen LogP contribution is 2.28. The summed E-state index contributed by atoms with van der Waals surface area (Å²) in [5, 5.41) is 5.73. The molecule has 7 heteroatoms. The first-order chi connectivity index (χ1) is 16.6. The standard InChI is InChI=1S/C29H49N3O4/c1-11-12-13-14-15-18-32(26(34)22(4)30-27(35)36-29(8,9)10)24(25(33)31-28(5,6)7)23-17-16-20(2)19-21(23)3/h16-17,19,22,24H,11-15,18H2,1-10H3,(H,30,35)(H,31,33). The van der Waals surface area contributed by atoms with Crippen LogP contribution in [-0.2, 0) is 14.3 Å². The van der Waals surface area contributed by atoms with Crippen LogP contribution in [0.1, 0.15) is 110 Å². The lowest BCUT2D eigenvalue weighted by molar-refractivity contribution is -0.142. The smallest absolute Gasteiger partial charge is 0.408 e. The Morgan fingerprint density at radius 2 is 1.58 bits per heavy atom.